The molecule has 1 aliphatic rings. The summed E-state index contributed by atoms with van der Waals surface area (Å²) < 4.78 is 2.03. The van der Waals surface area contributed by atoms with E-state index in [1.807, 2.05) is 24.0 Å². The number of hydrogen-bond acceptors (Lipinski definition) is 3. The standard InChI is InChI=1S/C14H17N3S/c1-17-9-8-15-14(17)18-13-6-2-11(3-7-13)10-16-12-4-5-12/h2-3,6-9,12,16H,4-5,10H2,1H3. The molecule has 1 aromatic heterocycles. The number of rotatable bonds is 5. The SMILES string of the molecule is Cn1ccnc1Sc1ccc(CNC2CC2)cc1. The van der Waals surface area contributed by atoms with E-state index in [-0.39, 0.29) is 0 Å². The summed E-state index contributed by atoms with van der Waals surface area (Å²) in [5.41, 5.74) is 1.35. The van der Waals surface area contributed by atoms with Crippen molar-refractivity contribution in [2.75, 3.05) is 0 Å². The number of benzene rings is 1. The van der Waals surface area contributed by atoms with E-state index < -0.39 is 0 Å². The summed E-state index contributed by atoms with van der Waals surface area (Å²) in [6.45, 7) is 0.984. The normalized spacial score (nSPS) is 14.9. The Labute approximate surface area is 112 Å². The van der Waals surface area contributed by atoms with Gasteiger partial charge in [-0.25, -0.2) is 4.98 Å². The molecule has 0 bridgehead atoms. The van der Waals surface area contributed by atoms with Crippen LogP contribution in [0.2, 0.25) is 0 Å². The van der Waals surface area contributed by atoms with Crippen LogP contribution in [0.5, 0.6) is 0 Å². The third kappa shape index (κ3) is 2.94. The zero-order valence-electron chi connectivity index (χ0n) is 10.5. The maximum Gasteiger partial charge on any atom is 0.172 e. The quantitative estimate of drug-likeness (QED) is 0.895. The van der Waals surface area contributed by atoms with Crippen molar-refractivity contribution in [3.63, 3.8) is 0 Å². The molecule has 18 heavy (non-hydrogen) atoms. The first-order chi connectivity index (χ1) is 8.81. The van der Waals surface area contributed by atoms with Crippen LogP contribution < -0.4 is 5.32 Å². The van der Waals surface area contributed by atoms with Crippen molar-refractivity contribution < 1.29 is 0 Å². The van der Waals surface area contributed by atoms with Crippen molar-refractivity contribution in [2.24, 2.45) is 7.05 Å². The van der Waals surface area contributed by atoms with Crippen molar-refractivity contribution in [2.45, 2.75) is 35.5 Å². The molecule has 0 unspecified atom stereocenters. The number of aromatic nitrogens is 2. The number of imidazole rings is 1. The molecule has 1 aliphatic carbocycles. The molecule has 1 aromatic carbocycles. The smallest absolute Gasteiger partial charge is 0.172 e. The Kier molecular flexibility index (Phi) is 3.39. The highest BCUT2D eigenvalue weighted by molar-refractivity contribution is 7.99. The van der Waals surface area contributed by atoms with E-state index in [4.69, 9.17) is 0 Å². The van der Waals surface area contributed by atoms with Crippen LogP contribution in [-0.4, -0.2) is 15.6 Å². The highest BCUT2D eigenvalue weighted by Gasteiger charge is 2.19. The van der Waals surface area contributed by atoms with E-state index in [1.54, 1.807) is 11.8 Å². The Bertz CT molecular complexity index is 514. The molecule has 1 saturated carbocycles. The molecule has 94 valence electrons. The summed E-state index contributed by atoms with van der Waals surface area (Å²) in [5.74, 6) is 0. The lowest BCUT2D eigenvalue weighted by atomic mass is 10.2. The second-order valence-corrected chi connectivity index (χ2v) is 5.76. The number of nitrogens with zero attached hydrogens (tertiary/aromatic N) is 2. The third-order valence-electron chi connectivity index (χ3n) is 3.08. The predicted octanol–water partition coefficient (Wildman–Crippen LogP) is 2.82. The van der Waals surface area contributed by atoms with Crippen LogP contribution in [0.4, 0.5) is 0 Å². The molecule has 2 aromatic rings. The van der Waals surface area contributed by atoms with E-state index in [2.05, 4.69) is 34.6 Å². The van der Waals surface area contributed by atoms with Gasteiger partial charge < -0.3 is 9.88 Å². The average Bonchev–Trinajstić information content (AvgIpc) is 3.13. The molecule has 0 amide bonds. The van der Waals surface area contributed by atoms with Gasteiger partial charge in [0.15, 0.2) is 5.16 Å². The second-order valence-electron chi connectivity index (χ2n) is 4.72. The summed E-state index contributed by atoms with van der Waals surface area (Å²) in [7, 11) is 2.02. The fraction of sp³-hybridized carbons (Fsp3) is 0.357. The molecule has 1 heterocycles. The largest absolute Gasteiger partial charge is 0.329 e. The van der Waals surface area contributed by atoms with Crippen molar-refractivity contribution in [3.8, 4) is 0 Å². The van der Waals surface area contributed by atoms with Crippen molar-refractivity contribution in [1.29, 1.82) is 0 Å². The van der Waals surface area contributed by atoms with Crippen LogP contribution in [0.3, 0.4) is 0 Å². The summed E-state index contributed by atoms with van der Waals surface area (Å²) in [6.07, 6.45) is 6.48. The fourth-order valence-corrected chi connectivity index (χ4v) is 2.58. The molecule has 4 heteroatoms. The van der Waals surface area contributed by atoms with Gasteiger partial charge in [0.25, 0.3) is 0 Å². The highest BCUT2D eigenvalue weighted by Crippen LogP contribution is 2.26. The fourth-order valence-electron chi connectivity index (χ4n) is 1.78. The minimum Gasteiger partial charge on any atom is -0.329 e. The Hall–Kier alpha value is -1.26. The van der Waals surface area contributed by atoms with Gasteiger partial charge in [-0.3, -0.25) is 0 Å². The van der Waals surface area contributed by atoms with Gasteiger partial charge in [0.05, 0.1) is 0 Å². The zero-order valence-corrected chi connectivity index (χ0v) is 11.3. The number of nitrogens with one attached hydrogen (secondary N) is 1. The first kappa shape index (κ1) is 11.8. The van der Waals surface area contributed by atoms with E-state index in [9.17, 15) is 0 Å². The molecule has 1 fully saturated rings. The molecular weight excluding hydrogens is 242 g/mol. The molecule has 1 N–H and O–H groups in total. The first-order valence-corrected chi connectivity index (χ1v) is 7.10. The van der Waals surface area contributed by atoms with Gasteiger partial charge in [0.2, 0.25) is 0 Å². The Morgan fingerprint density at radius 1 is 1.33 bits per heavy atom. The monoisotopic (exact) mass is 259 g/mol. The van der Waals surface area contributed by atoms with Crippen LogP contribution in [0.15, 0.2) is 46.7 Å². The van der Waals surface area contributed by atoms with Crippen LogP contribution in [0.1, 0.15) is 18.4 Å². The molecule has 3 rings (SSSR count). The van der Waals surface area contributed by atoms with Crippen LogP contribution >= 0.6 is 11.8 Å². The van der Waals surface area contributed by atoms with Crippen LogP contribution in [0, 0.1) is 0 Å². The lowest BCUT2D eigenvalue weighted by Crippen LogP contribution is -2.14. The van der Waals surface area contributed by atoms with Crippen LogP contribution in [-0.2, 0) is 13.6 Å². The lowest BCUT2D eigenvalue weighted by Gasteiger charge is -2.05. The topological polar surface area (TPSA) is 29.9 Å². The van der Waals surface area contributed by atoms with E-state index in [1.165, 1.54) is 23.3 Å². The van der Waals surface area contributed by atoms with Crippen molar-refractivity contribution in [3.05, 3.63) is 42.2 Å². The van der Waals surface area contributed by atoms with Crippen molar-refractivity contribution in [1.82, 2.24) is 14.9 Å². The summed E-state index contributed by atoms with van der Waals surface area (Å²) >= 11 is 1.70. The maximum absolute atomic E-state index is 4.31. The average molecular weight is 259 g/mol. The molecule has 3 nitrogen and oxygen atoms in total. The van der Waals surface area contributed by atoms with E-state index in [0.717, 1.165) is 17.7 Å². The minimum absolute atomic E-state index is 0.770. The minimum atomic E-state index is 0.770. The summed E-state index contributed by atoms with van der Waals surface area (Å²) in [6, 6.07) is 9.50. The third-order valence-corrected chi connectivity index (χ3v) is 4.17. The van der Waals surface area contributed by atoms with E-state index >= 15 is 0 Å². The molecular formula is C14H17N3S. The summed E-state index contributed by atoms with van der Waals surface area (Å²) in [4.78, 5) is 5.55. The van der Waals surface area contributed by atoms with Crippen molar-refractivity contribution >= 4 is 11.8 Å². The highest BCUT2D eigenvalue weighted by atomic mass is 32.2. The predicted molar refractivity (Wildman–Crippen MR) is 73.6 cm³/mol. The molecule has 0 radical (unpaired) electrons. The van der Waals surface area contributed by atoms with Gasteiger partial charge in [-0.05, 0) is 30.5 Å². The Morgan fingerprint density at radius 2 is 2.11 bits per heavy atom. The van der Waals surface area contributed by atoms with Crippen LogP contribution in [0.25, 0.3) is 0 Å². The van der Waals surface area contributed by atoms with Gasteiger partial charge in [-0.1, -0.05) is 23.9 Å². The molecule has 0 saturated heterocycles. The number of hydrogen-bond donors (Lipinski definition) is 1. The molecule has 0 atom stereocenters. The Morgan fingerprint density at radius 3 is 2.72 bits per heavy atom. The van der Waals surface area contributed by atoms with Gasteiger partial charge in [-0.2, -0.15) is 0 Å². The molecule has 0 aliphatic heterocycles. The lowest BCUT2D eigenvalue weighted by molar-refractivity contribution is 0.687. The van der Waals surface area contributed by atoms with Gasteiger partial charge in [0.1, 0.15) is 0 Å². The van der Waals surface area contributed by atoms with Gasteiger partial charge >= 0.3 is 0 Å². The van der Waals surface area contributed by atoms with Gasteiger partial charge in [0, 0.05) is 36.9 Å². The van der Waals surface area contributed by atoms with E-state index in [0.29, 0.717) is 0 Å². The van der Waals surface area contributed by atoms with Gasteiger partial charge in [-0.15, -0.1) is 0 Å². The Balaban J connectivity index is 1.61. The maximum atomic E-state index is 4.31. The molecule has 0 spiro atoms. The summed E-state index contributed by atoms with van der Waals surface area (Å²) in [5, 5.41) is 4.55. The number of aryl methyl sites for hydroxylation is 1. The first-order valence-electron chi connectivity index (χ1n) is 6.29. The second kappa shape index (κ2) is 5.16. The zero-order chi connectivity index (χ0) is 12.4.